The third kappa shape index (κ3) is 4.11. The van der Waals surface area contributed by atoms with Crippen molar-refractivity contribution in [2.75, 3.05) is 39.8 Å². The molecule has 1 heterocycles. The zero-order chi connectivity index (χ0) is 14.4. The number of rotatable bonds is 6. The van der Waals surface area contributed by atoms with Crippen LogP contribution in [0.15, 0.2) is 4.99 Å². The summed E-state index contributed by atoms with van der Waals surface area (Å²) in [6, 6.07) is 0. The van der Waals surface area contributed by atoms with E-state index >= 15 is 0 Å². The van der Waals surface area contributed by atoms with Gasteiger partial charge in [-0.05, 0) is 57.5 Å². The number of guanidine groups is 1. The molecule has 116 valence electrons. The standard InChI is InChI=1S/C16H32N4/c1-4-16(8-6-9-16)13-19-15(17-5-2)18-11-14-7-10-20(3)12-14/h14H,4-13H2,1-3H3,(H2,17,18,19). The van der Waals surface area contributed by atoms with E-state index < -0.39 is 0 Å². The molecule has 2 fully saturated rings. The van der Waals surface area contributed by atoms with E-state index in [4.69, 9.17) is 4.99 Å². The molecule has 4 nitrogen and oxygen atoms in total. The molecule has 1 saturated carbocycles. The topological polar surface area (TPSA) is 39.7 Å². The molecular formula is C16H32N4. The van der Waals surface area contributed by atoms with Crippen LogP contribution < -0.4 is 10.6 Å². The summed E-state index contributed by atoms with van der Waals surface area (Å²) < 4.78 is 0. The lowest BCUT2D eigenvalue weighted by atomic mass is 9.67. The van der Waals surface area contributed by atoms with Crippen molar-refractivity contribution in [2.45, 2.75) is 46.0 Å². The third-order valence-corrected chi connectivity index (χ3v) is 5.13. The average molecular weight is 280 g/mol. The minimum absolute atomic E-state index is 0.510. The first kappa shape index (κ1) is 15.6. The fraction of sp³-hybridized carbons (Fsp3) is 0.938. The molecule has 4 heteroatoms. The van der Waals surface area contributed by atoms with Gasteiger partial charge in [0.25, 0.3) is 0 Å². The summed E-state index contributed by atoms with van der Waals surface area (Å²) >= 11 is 0. The van der Waals surface area contributed by atoms with Gasteiger partial charge in [0.05, 0.1) is 0 Å². The largest absolute Gasteiger partial charge is 0.357 e. The van der Waals surface area contributed by atoms with E-state index in [1.165, 1.54) is 45.2 Å². The van der Waals surface area contributed by atoms with Crippen molar-refractivity contribution < 1.29 is 0 Å². The maximum Gasteiger partial charge on any atom is 0.191 e. The predicted molar refractivity (Wildman–Crippen MR) is 86.2 cm³/mol. The lowest BCUT2D eigenvalue weighted by Gasteiger charge is -2.40. The van der Waals surface area contributed by atoms with E-state index in [1.54, 1.807) is 0 Å². The van der Waals surface area contributed by atoms with E-state index in [0.717, 1.165) is 31.5 Å². The van der Waals surface area contributed by atoms with Crippen LogP contribution in [0.4, 0.5) is 0 Å². The molecular weight excluding hydrogens is 248 g/mol. The maximum absolute atomic E-state index is 4.84. The normalized spacial score (nSPS) is 26.4. The lowest BCUT2D eigenvalue weighted by molar-refractivity contribution is 0.139. The van der Waals surface area contributed by atoms with Crippen LogP contribution in [-0.2, 0) is 0 Å². The van der Waals surface area contributed by atoms with Crippen molar-refractivity contribution in [3.05, 3.63) is 0 Å². The molecule has 0 aromatic heterocycles. The number of aliphatic imine (C=N–C) groups is 1. The summed E-state index contributed by atoms with van der Waals surface area (Å²) in [4.78, 5) is 7.25. The van der Waals surface area contributed by atoms with Gasteiger partial charge in [-0.2, -0.15) is 0 Å². The Bertz CT molecular complexity index is 317. The van der Waals surface area contributed by atoms with Crippen LogP contribution in [0.3, 0.4) is 0 Å². The van der Waals surface area contributed by atoms with E-state index in [9.17, 15) is 0 Å². The maximum atomic E-state index is 4.84. The third-order valence-electron chi connectivity index (χ3n) is 5.13. The summed E-state index contributed by atoms with van der Waals surface area (Å²) in [6.45, 7) is 9.88. The van der Waals surface area contributed by atoms with Gasteiger partial charge < -0.3 is 15.5 Å². The summed E-state index contributed by atoms with van der Waals surface area (Å²) in [5.41, 5.74) is 0.510. The van der Waals surface area contributed by atoms with E-state index in [1.807, 2.05) is 0 Å². The highest BCUT2D eigenvalue weighted by Gasteiger charge is 2.34. The number of hydrogen-bond donors (Lipinski definition) is 2. The zero-order valence-corrected chi connectivity index (χ0v) is 13.5. The first-order chi connectivity index (χ1) is 9.67. The Kier molecular flexibility index (Phi) is 5.70. The molecule has 1 saturated heterocycles. The Balaban J connectivity index is 1.79. The van der Waals surface area contributed by atoms with Gasteiger partial charge in [0, 0.05) is 26.2 Å². The molecule has 2 rings (SSSR count). The molecule has 1 unspecified atom stereocenters. The second-order valence-corrected chi connectivity index (χ2v) is 6.70. The highest BCUT2D eigenvalue weighted by molar-refractivity contribution is 5.79. The van der Waals surface area contributed by atoms with Gasteiger partial charge in [-0.1, -0.05) is 13.3 Å². The van der Waals surface area contributed by atoms with Crippen LogP contribution in [0.5, 0.6) is 0 Å². The van der Waals surface area contributed by atoms with Gasteiger partial charge in [-0.15, -0.1) is 0 Å². The fourth-order valence-electron chi connectivity index (χ4n) is 3.32. The summed E-state index contributed by atoms with van der Waals surface area (Å²) in [6.07, 6.45) is 6.69. The predicted octanol–water partition coefficient (Wildman–Crippen LogP) is 2.07. The van der Waals surface area contributed by atoms with E-state index in [2.05, 4.69) is 36.4 Å². The van der Waals surface area contributed by atoms with Gasteiger partial charge in [-0.25, -0.2) is 0 Å². The van der Waals surface area contributed by atoms with Gasteiger partial charge in [0.1, 0.15) is 0 Å². The summed E-state index contributed by atoms with van der Waals surface area (Å²) in [7, 11) is 2.21. The van der Waals surface area contributed by atoms with E-state index in [-0.39, 0.29) is 0 Å². The average Bonchev–Trinajstić information content (AvgIpc) is 2.81. The molecule has 1 aliphatic heterocycles. The van der Waals surface area contributed by atoms with Crippen molar-refractivity contribution in [3.8, 4) is 0 Å². The van der Waals surface area contributed by atoms with Crippen molar-refractivity contribution in [3.63, 3.8) is 0 Å². The SMILES string of the molecule is CCNC(=NCC1(CC)CCC1)NCC1CCN(C)C1. The van der Waals surface area contributed by atoms with Crippen LogP contribution in [0.2, 0.25) is 0 Å². The smallest absolute Gasteiger partial charge is 0.191 e. The number of hydrogen-bond acceptors (Lipinski definition) is 2. The van der Waals surface area contributed by atoms with Crippen LogP contribution in [-0.4, -0.2) is 50.6 Å². The molecule has 0 aromatic carbocycles. The number of nitrogens with one attached hydrogen (secondary N) is 2. The van der Waals surface area contributed by atoms with Crippen LogP contribution in [0.1, 0.15) is 46.0 Å². The molecule has 0 amide bonds. The quantitative estimate of drug-likeness (QED) is 0.578. The fourth-order valence-corrected chi connectivity index (χ4v) is 3.32. The summed E-state index contributed by atoms with van der Waals surface area (Å²) in [5.74, 6) is 1.79. The second kappa shape index (κ2) is 7.30. The van der Waals surface area contributed by atoms with E-state index in [0.29, 0.717) is 5.41 Å². The van der Waals surface area contributed by atoms with Crippen LogP contribution >= 0.6 is 0 Å². The molecule has 0 bridgehead atoms. The molecule has 20 heavy (non-hydrogen) atoms. The molecule has 1 atom stereocenters. The monoisotopic (exact) mass is 280 g/mol. The first-order valence-corrected chi connectivity index (χ1v) is 8.38. The van der Waals surface area contributed by atoms with Crippen molar-refractivity contribution in [1.82, 2.24) is 15.5 Å². The highest BCUT2D eigenvalue weighted by Crippen LogP contribution is 2.43. The van der Waals surface area contributed by atoms with Gasteiger partial charge in [0.15, 0.2) is 5.96 Å². The Morgan fingerprint density at radius 1 is 1.30 bits per heavy atom. The van der Waals surface area contributed by atoms with Gasteiger partial charge in [0.2, 0.25) is 0 Å². The van der Waals surface area contributed by atoms with Gasteiger partial charge >= 0.3 is 0 Å². The van der Waals surface area contributed by atoms with Crippen molar-refractivity contribution >= 4 is 5.96 Å². The molecule has 2 aliphatic rings. The second-order valence-electron chi connectivity index (χ2n) is 6.70. The van der Waals surface area contributed by atoms with Crippen LogP contribution in [0.25, 0.3) is 0 Å². The Morgan fingerprint density at radius 2 is 2.10 bits per heavy atom. The Labute approximate surface area is 124 Å². The molecule has 2 N–H and O–H groups in total. The minimum Gasteiger partial charge on any atom is -0.357 e. The Morgan fingerprint density at radius 3 is 2.60 bits per heavy atom. The highest BCUT2D eigenvalue weighted by atomic mass is 15.2. The zero-order valence-electron chi connectivity index (χ0n) is 13.5. The summed E-state index contributed by atoms with van der Waals surface area (Å²) in [5, 5.41) is 6.93. The molecule has 0 radical (unpaired) electrons. The van der Waals surface area contributed by atoms with Crippen molar-refractivity contribution in [1.29, 1.82) is 0 Å². The number of nitrogens with zero attached hydrogens (tertiary/aromatic N) is 2. The van der Waals surface area contributed by atoms with Crippen LogP contribution in [0, 0.1) is 11.3 Å². The molecule has 0 aromatic rings. The lowest BCUT2D eigenvalue weighted by Crippen LogP contribution is -2.41. The first-order valence-electron chi connectivity index (χ1n) is 8.38. The minimum atomic E-state index is 0.510. The molecule has 0 spiro atoms. The molecule has 1 aliphatic carbocycles. The van der Waals surface area contributed by atoms with Gasteiger partial charge in [-0.3, -0.25) is 4.99 Å². The van der Waals surface area contributed by atoms with Crippen molar-refractivity contribution in [2.24, 2.45) is 16.3 Å². The number of likely N-dealkylation sites (tertiary alicyclic amines) is 1. The Hall–Kier alpha value is -0.770.